The van der Waals surface area contributed by atoms with Gasteiger partial charge in [0.1, 0.15) is 11.4 Å². The molecular formula is C17H20BrFN2O2. The first-order chi connectivity index (χ1) is 10.7. The SMILES string of the molecule is CC(C)(C)OC(=O)N1CC2(CC(=C(Br)c3ccc(F)cn3)C2)C1. The molecule has 1 aliphatic heterocycles. The number of halogens is 2. The Kier molecular flexibility index (Phi) is 3.99. The molecule has 1 aromatic rings. The van der Waals surface area contributed by atoms with Gasteiger partial charge in [-0.25, -0.2) is 9.18 Å². The van der Waals surface area contributed by atoms with Crippen molar-refractivity contribution in [1.82, 2.24) is 9.88 Å². The van der Waals surface area contributed by atoms with E-state index in [1.54, 1.807) is 11.0 Å². The standard InChI is InChI=1S/C17H20BrFN2O2/c1-16(2,3)23-15(22)21-9-17(10-21)6-11(7-17)14(18)13-5-4-12(19)8-20-13/h4-5,8H,6-7,9-10H2,1-3H3. The van der Waals surface area contributed by atoms with Crippen LogP contribution in [0.1, 0.15) is 39.3 Å². The number of carbonyl (C=O) groups excluding carboxylic acids is 1. The quantitative estimate of drug-likeness (QED) is 0.724. The number of amides is 1. The number of pyridine rings is 1. The summed E-state index contributed by atoms with van der Waals surface area (Å²) in [6.45, 7) is 7.09. The lowest BCUT2D eigenvalue weighted by atomic mass is 9.60. The number of likely N-dealkylation sites (tertiary alicyclic amines) is 1. The van der Waals surface area contributed by atoms with E-state index in [1.165, 1.54) is 17.8 Å². The Hall–Kier alpha value is -1.43. The molecule has 6 heteroatoms. The van der Waals surface area contributed by atoms with Gasteiger partial charge in [0, 0.05) is 23.0 Å². The molecule has 2 heterocycles. The molecule has 23 heavy (non-hydrogen) atoms. The lowest BCUT2D eigenvalue weighted by Crippen LogP contribution is -2.62. The molecule has 1 amide bonds. The summed E-state index contributed by atoms with van der Waals surface area (Å²) in [5.74, 6) is -0.337. The van der Waals surface area contributed by atoms with E-state index in [1.807, 2.05) is 20.8 Å². The second kappa shape index (κ2) is 5.58. The second-order valence-corrected chi connectivity index (χ2v) is 8.26. The van der Waals surface area contributed by atoms with E-state index in [0.29, 0.717) is 0 Å². The number of carbonyl (C=O) groups is 1. The monoisotopic (exact) mass is 382 g/mol. The Labute approximate surface area is 143 Å². The van der Waals surface area contributed by atoms with Crippen LogP contribution in [0.3, 0.4) is 0 Å². The highest BCUT2D eigenvalue weighted by Gasteiger charge is 2.53. The van der Waals surface area contributed by atoms with Crippen LogP contribution in [0.25, 0.3) is 4.48 Å². The second-order valence-electron chi connectivity index (χ2n) is 7.47. The Bertz CT molecular complexity index is 648. The molecule has 0 atom stereocenters. The van der Waals surface area contributed by atoms with Gasteiger partial charge in [-0.1, -0.05) is 5.57 Å². The molecule has 0 radical (unpaired) electrons. The number of hydrogen-bond acceptors (Lipinski definition) is 3. The minimum atomic E-state index is -0.457. The molecule has 2 aliphatic rings. The van der Waals surface area contributed by atoms with Crippen LogP contribution >= 0.6 is 15.9 Å². The predicted octanol–water partition coefficient (Wildman–Crippen LogP) is 4.36. The molecule has 1 aromatic heterocycles. The molecule has 0 unspecified atom stereocenters. The highest BCUT2D eigenvalue weighted by atomic mass is 79.9. The first kappa shape index (κ1) is 16.4. The largest absolute Gasteiger partial charge is 0.444 e. The average molecular weight is 383 g/mol. The number of allylic oxidation sites excluding steroid dienone is 1. The maximum Gasteiger partial charge on any atom is 0.410 e. The normalized spacial score (nSPS) is 19.2. The number of nitrogens with zero attached hydrogens (tertiary/aromatic N) is 2. The number of hydrogen-bond donors (Lipinski definition) is 0. The molecule has 124 valence electrons. The topological polar surface area (TPSA) is 42.4 Å². The molecule has 0 aromatic carbocycles. The van der Waals surface area contributed by atoms with Gasteiger partial charge in [-0.3, -0.25) is 4.98 Å². The van der Waals surface area contributed by atoms with Gasteiger partial charge in [-0.05, 0) is 61.7 Å². The van der Waals surface area contributed by atoms with Gasteiger partial charge in [0.05, 0.1) is 11.9 Å². The van der Waals surface area contributed by atoms with Crippen LogP contribution in [0, 0.1) is 11.2 Å². The van der Waals surface area contributed by atoms with Crippen molar-refractivity contribution in [2.75, 3.05) is 13.1 Å². The highest BCUT2D eigenvalue weighted by molar-refractivity contribution is 9.15. The van der Waals surface area contributed by atoms with Crippen molar-refractivity contribution in [2.24, 2.45) is 5.41 Å². The minimum Gasteiger partial charge on any atom is -0.444 e. The summed E-state index contributed by atoms with van der Waals surface area (Å²) in [5, 5.41) is 0. The van der Waals surface area contributed by atoms with Crippen molar-refractivity contribution in [1.29, 1.82) is 0 Å². The van der Waals surface area contributed by atoms with E-state index in [4.69, 9.17) is 4.74 Å². The molecule has 1 saturated carbocycles. The number of rotatable bonds is 1. The van der Waals surface area contributed by atoms with Crippen molar-refractivity contribution in [3.05, 3.63) is 35.4 Å². The first-order valence-electron chi connectivity index (χ1n) is 7.65. The van der Waals surface area contributed by atoms with Crippen molar-refractivity contribution < 1.29 is 13.9 Å². The molecule has 4 nitrogen and oxygen atoms in total. The minimum absolute atomic E-state index is 0.186. The molecule has 2 fully saturated rings. The van der Waals surface area contributed by atoms with Gasteiger partial charge in [0.15, 0.2) is 0 Å². The van der Waals surface area contributed by atoms with Crippen molar-refractivity contribution >= 4 is 26.5 Å². The zero-order chi connectivity index (χ0) is 16.8. The Morgan fingerprint density at radius 1 is 1.35 bits per heavy atom. The van der Waals surface area contributed by atoms with Crippen LogP contribution in [0.2, 0.25) is 0 Å². The van der Waals surface area contributed by atoms with Crippen molar-refractivity contribution in [3.8, 4) is 0 Å². The molecular weight excluding hydrogens is 363 g/mol. The summed E-state index contributed by atoms with van der Waals surface area (Å²) >= 11 is 3.57. The van der Waals surface area contributed by atoms with Gasteiger partial charge in [-0.2, -0.15) is 0 Å². The molecule has 3 rings (SSSR count). The van der Waals surface area contributed by atoms with E-state index < -0.39 is 5.60 Å². The van der Waals surface area contributed by atoms with Gasteiger partial charge in [0.25, 0.3) is 0 Å². The molecule has 1 aliphatic carbocycles. The van der Waals surface area contributed by atoms with Crippen LogP contribution in [0.5, 0.6) is 0 Å². The fraction of sp³-hybridized carbons (Fsp3) is 0.529. The predicted molar refractivity (Wildman–Crippen MR) is 89.5 cm³/mol. The van der Waals surface area contributed by atoms with Gasteiger partial charge in [0.2, 0.25) is 0 Å². The molecule has 0 N–H and O–H groups in total. The maximum absolute atomic E-state index is 12.9. The van der Waals surface area contributed by atoms with Crippen LogP contribution in [-0.2, 0) is 4.74 Å². The number of ether oxygens (including phenoxy) is 1. The van der Waals surface area contributed by atoms with Crippen LogP contribution in [-0.4, -0.2) is 34.7 Å². The zero-order valence-corrected chi connectivity index (χ0v) is 15.1. The lowest BCUT2D eigenvalue weighted by molar-refractivity contribution is -0.0499. The van der Waals surface area contributed by atoms with Crippen LogP contribution in [0.15, 0.2) is 23.9 Å². The van der Waals surface area contributed by atoms with E-state index >= 15 is 0 Å². The third kappa shape index (κ3) is 3.42. The highest BCUT2D eigenvalue weighted by Crippen LogP contribution is 2.54. The van der Waals surface area contributed by atoms with Gasteiger partial charge < -0.3 is 9.64 Å². The summed E-state index contributed by atoms with van der Waals surface area (Å²) < 4.78 is 19.2. The van der Waals surface area contributed by atoms with Gasteiger partial charge in [-0.15, -0.1) is 0 Å². The van der Waals surface area contributed by atoms with E-state index in [2.05, 4.69) is 20.9 Å². The molecule has 0 bridgehead atoms. The van der Waals surface area contributed by atoms with Crippen molar-refractivity contribution in [2.45, 2.75) is 39.2 Å². The fourth-order valence-electron chi connectivity index (χ4n) is 3.14. The summed E-state index contributed by atoms with van der Waals surface area (Å²) in [4.78, 5) is 17.8. The average Bonchev–Trinajstić information content (AvgIpc) is 2.33. The summed E-state index contributed by atoms with van der Waals surface area (Å²) in [5.41, 5.74) is 1.75. The Morgan fingerprint density at radius 2 is 2.00 bits per heavy atom. The summed E-state index contributed by atoms with van der Waals surface area (Å²) in [7, 11) is 0. The number of aromatic nitrogens is 1. The molecule has 1 saturated heterocycles. The Morgan fingerprint density at radius 3 is 2.52 bits per heavy atom. The summed E-state index contributed by atoms with van der Waals surface area (Å²) in [6.07, 6.45) is 2.86. The smallest absolute Gasteiger partial charge is 0.410 e. The third-order valence-electron chi connectivity index (χ3n) is 4.14. The summed E-state index contributed by atoms with van der Waals surface area (Å²) in [6, 6.07) is 3.08. The van der Waals surface area contributed by atoms with Crippen LogP contribution in [0.4, 0.5) is 9.18 Å². The lowest BCUT2D eigenvalue weighted by Gasteiger charge is -2.56. The van der Waals surface area contributed by atoms with Gasteiger partial charge >= 0.3 is 6.09 Å². The zero-order valence-electron chi connectivity index (χ0n) is 13.5. The van der Waals surface area contributed by atoms with E-state index in [9.17, 15) is 9.18 Å². The fourth-order valence-corrected chi connectivity index (χ4v) is 3.65. The maximum atomic E-state index is 12.9. The Balaban J connectivity index is 1.57. The third-order valence-corrected chi connectivity index (χ3v) is 5.11. The van der Waals surface area contributed by atoms with Crippen LogP contribution < -0.4 is 0 Å². The molecule has 1 spiro atoms. The van der Waals surface area contributed by atoms with E-state index in [0.717, 1.165) is 36.1 Å². The van der Waals surface area contributed by atoms with Crippen molar-refractivity contribution in [3.63, 3.8) is 0 Å². The van der Waals surface area contributed by atoms with E-state index in [-0.39, 0.29) is 17.3 Å². The first-order valence-corrected chi connectivity index (χ1v) is 8.44.